The highest BCUT2D eigenvalue weighted by Crippen LogP contribution is 2.20. The molecule has 4 rings (SSSR count). The molecule has 0 aliphatic rings. The zero-order valence-corrected chi connectivity index (χ0v) is 19.9. The van der Waals surface area contributed by atoms with Crippen LogP contribution in [0.2, 0.25) is 0 Å². The fourth-order valence-electron chi connectivity index (χ4n) is 3.62. The van der Waals surface area contributed by atoms with Gasteiger partial charge in [0, 0.05) is 5.56 Å². The van der Waals surface area contributed by atoms with Gasteiger partial charge in [-0.05, 0) is 47.0 Å². The summed E-state index contributed by atoms with van der Waals surface area (Å²) in [7, 11) is 1.29. The lowest BCUT2D eigenvalue weighted by Gasteiger charge is -2.17. The maximum Gasteiger partial charge on any atom is 0.333 e. The fraction of sp³-hybridized carbons (Fsp3) is 0.133. The van der Waals surface area contributed by atoms with E-state index in [0.717, 1.165) is 16.9 Å². The Balaban J connectivity index is 1.38. The Bertz CT molecular complexity index is 1290. The molecule has 1 amide bonds. The van der Waals surface area contributed by atoms with Crippen LogP contribution in [0.1, 0.15) is 33.1 Å². The standard InChI is InChI=1S/C30H27NO5/c1-34-30(33)28(24-13-6-3-7-14-24)31-29(32)25-15-9-17-27(19-25)36-21-23-12-8-16-26(18-23)35-20-22-10-4-2-5-11-22/h2-19,28H,20-21H2,1H3,(H,31,32). The molecule has 1 atom stereocenters. The highest BCUT2D eigenvalue weighted by Gasteiger charge is 2.24. The van der Waals surface area contributed by atoms with Crippen LogP contribution in [-0.4, -0.2) is 19.0 Å². The van der Waals surface area contributed by atoms with Crippen LogP contribution >= 0.6 is 0 Å². The molecule has 0 spiro atoms. The quantitative estimate of drug-likeness (QED) is 0.303. The predicted octanol–water partition coefficient (Wildman–Crippen LogP) is 5.49. The Labute approximate surface area is 210 Å². The molecule has 4 aromatic carbocycles. The molecule has 4 aromatic rings. The van der Waals surface area contributed by atoms with Crippen molar-refractivity contribution >= 4 is 11.9 Å². The number of ether oxygens (including phenoxy) is 3. The number of nitrogens with one attached hydrogen (secondary N) is 1. The lowest BCUT2D eigenvalue weighted by atomic mass is 10.1. The number of carbonyl (C=O) groups excluding carboxylic acids is 2. The van der Waals surface area contributed by atoms with Crippen LogP contribution in [0.15, 0.2) is 109 Å². The number of esters is 1. The van der Waals surface area contributed by atoms with Gasteiger partial charge in [0.25, 0.3) is 5.91 Å². The smallest absolute Gasteiger partial charge is 0.333 e. The maximum atomic E-state index is 12.9. The zero-order chi connectivity index (χ0) is 25.2. The number of rotatable bonds is 10. The third kappa shape index (κ3) is 6.73. The molecule has 0 aliphatic heterocycles. The van der Waals surface area contributed by atoms with Crippen molar-refractivity contribution in [1.29, 1.82) is 0 Å². The Kier molecular flexibility index (Phi) is 8.33. The number of methoxy groups -OCH3 is 1. The number of benzene rings is 4. The zero-order valence-electron chi connectivity index (χ0n) is 19.9. The number of hydrogen-bond acceptors (Lipinski definition) is 5. The molecule has 0 bridgehead atoms. The summed E-state index contributed by atoms with van der Waals surface area (Å²) < 4.78 is 16.7. The van der Waals surface area contributed by atoms with Crippen molar-refractivity contribution < 1.29 is 23.8 Å². The normalized spacial score (nSPS) is 11.2. The summed E-state index contributed by atoms with van der Waals surface area (Å²) in [6.45, 7) is 0.792. The Hall–Kier alpha value is -4.58. The minimum atomic E-state index is -0.910. The summed E-state index contributed by atoms with van der Waals surface area (Å²) in [4.78, 5) is 25.2. The van der Waals surface area contributed by atoms with Gasteiger partial charge in [0.1, 0.15) is 24.7 Å². The topological polar surface area (TPSA) is 73.9 Å². The number of amides is 1. The number of hydrogen-bond donors (Lipinski definition) is 1. The van der Waals surface area contributed by atoms with E-state index in [4.69, 9.17) is 14.2 Å². The maximum absolute atomic E-state index is 12.9. The Morgan fingerprint density at radius 1 is 0.694 bits per heavy atom. The average Bonchev–Trinajstić information content (AvgIpc) is 2.94. The van der Waals surface area contributed by atoms with E-state index >= 15 is 0 Å². The summed E-state index contributed by atoms with van der Waals surface area (Å²) in [5.41, 5.74) is 3.04. The largest absolute Gasteiger partial charge is 0.489 e. The van der Waals surface area contributed by atoms with Gasteiger partial charge < -0.3 is 19.5 Å². The third-order valence-electron chi connectivity index (χ3n) is 5.49. The molecular weight excluding hydrogens is 454 g/mol. The first-order valence-corrected chi connectivity index (χ1v) is 11.5. The minimum absolute atomic E-state index is 0.308. The van der Waals surface area contributed by atoms with Crippen molar-refractivity contribution in [2.24, 2.45) is 0 Å². The predicted molar refractivity (Wildman–Crippen MR) is 137 cm³/mol. The summed E-state index contributed by atoms with van der Waals surface area (Å²) in [6, 6.07) is 32.5. The number of carbonyl (C=O) groups is 2. The van der Waals surface area contributed by atoms with Gasteiger partial charge in [0.2, 0.25) is 0 Å². The monoisotopic (exact) mass is 481 g/mol. The second-order valence-corrected chi connectivity index (χ2v) is 8.08. The van der Waals surface area contributed by atoms with E-state index in [1.165, 1.54) is 7.11 Å². The van der Waals surface area contributed by atoms with E-state index in [2.05, 4.69) is 5.32 Å². The van der Waals surface area contributed by atoms with E-state index in [1.54, 1.807) is 48.5 Å². The molecule has 0 saturated heterocycles. The highest BCUT2D eigenvalue weighted by atomic mass is 16.5. The van der Waals surface area contributed by atoms with E-state index in [0.29, 0.717) is 30.1 Å². The van der Waals surface area contributed by atoms with E-state index in [-0.39, 0.29) is 0 Å². The first-order valence-electron chi connectivity index (χ1n) is 11.5. The average molecular weight is 482 g/mol. The summed E-state index contributed by atoms with van der Waals surface area (Å²) >= 11 is 0. The molecule has 1 N–H and O–H groups in total. The van der Waals surface area contributed by atoms with Crippen molar-refractivity contribution in [3.8, 4) is 11.5 Å². The molecule has 36 heavy (non-hydrogen) atoms. The van der Waals surface area contributed by atoms with E-state index in [1.807, 2.05) is 60.7 Å². The van der Waals surface area contributed by atoms with Gasteiger partial charge in [-0.3, -0.25) is 4.79 Å². The van der Waals surface area contributed by atoms with Crippen molar-refractivity contribution in [2.45, 2.75) is 19.3 Å². The van der Waals surface area contributed by atoms with Crippen LogP contribution in [0.3, 0.4) is 0 Å². The van der Waals surface area contributed by atoms with Gasteiger partial charge in [-0.1, -0.05) is 78.9 Å². The SMILES string of the molecule is COC(=O)C(NC(=O)c1cccc(OCc2cccc(OCc3ccccc3)c2)c1)c1ccccc1. The molecule has 0 saturated carbocycles. The second-order valence-electron chi connectivity index (χ2n) is 8.08. The van der Waals surface area contributed by atoms with Gasteiger partial charge >= 0.3 is 5.97 Å². The third-order valence-corrected chi connectivity index (χ3v) is 5.49. The molecule has 0 aromatic heterocycles. The van der Waals surface area contributed by atoms with Crippen LogP contribution in [0.4, 0.5) is 0 Å². The molecule has 182 valence electrons. The Morgan fingerprint density at radius 3 is 1.97 bits per heavy atom. The summed E-state index contributed by atoms with van der Waals surface area (Å²) in [6.07, 6.45) is 0. The molecule has 6 nitrogen and oxygen atoms in total. The minimum Gasteiger partial charge on any atom is -0.489 e. The van der Waals surface area contributed by atoms with Crippen LogP contribution in [0.5, 0.6) is 11.5 Å². The van der Waals surface area contributed by atoms with Gasteiger partial charge in [0.05, 0.1) is 7.11 Å². The molecule has 0 aliphatic carbocycles. The molecule has 6 heteroatoms. The van der Waals surface area contributed by atoms with Gasteiger partial charge in [-0.15, -0.1) is 0 Å². The lowest BCUT2D eigenvalue weighted by Crippen LogP contribution is -2.34. The first kappa shape index (κ1) is 24.5. The van der Waals surface area contributed by atoms with Crippen LogP contribution in [0.25, 0.3) is 0 Å². The highest BCUT2D eigenvalue weighted by molar-refractivity contribution is 5.97. The van der Waals surface area contributed by atoms with Crippen LogP contribution in [0, 0.1) is 0 Å². The second kappa shape index (κ2) is 12.2. The van der Waals surface area contributed by atoms with Crippen LogP contribution in [-0.2, 0) is 22.7 Å². The van der Waals surface area contributed by atoms with Gasteiger partial charge in [-0.2, -0.15) is 0 Å². The summed E-state index contributed by atoms with van der Waals surface area (Å²) in [5, 5.41) is 2.75. The molecule has 0 radical (unpaired) electrons. The molecule has 1 unspecified atom stereocenters. The molecular formula is C30H27NO5. The van der Waals surface area contributed by atoms with E-state index in [9.17, 15) is 9.59 Å². The Morgan fingerprint density at radius 2 is 1.28 bits per heavy atom. The molecule has 0 heterocycles. The fourth-order valence-corrected chi connectivity index (χ4v) is 3.62. The van der Waals surface area contributed by atoms with Crippen molar-refractivity contribution in [2.75, 3.05) is 7.11 Å². The molecule has 0 fully saturated rings. The van der Waals surface area contributed by atoms with Crippen molar-refractivity contribution in [3.05, 3.63) is 131 Å². The van der Waals surface area contributed by atoms with Gasteiger partial charge in [0.15, 0.2) is 6.04 Å². The van der Waals surface area contributed by atoms with Crippen molar-refractivity contribution in [3.63, 3.8) is 0 Å². The van der Waals surface area contributed by atoms with Crippen LogP contribution < -0.4 is 14.8 Å². The van der Waals surface area contributed by atoms with Crippen molar-refractivity contribution in [1.82, 2.24) is 5.32 Å². The van der Waals surface area contributed by atoms with Gasteiger partial charge in [-0.25, -0.2) is 4.79 Å². The lowest BCUT2D eigenvalue weighted by molar-refractivity contribution is -0.143. The first-order chi connectivity index (χ1) is 17.6. The summed E-state index contributed by atoms with van der Waals surface area (Å²) in [5.74, 6) is 0.336. The van der Waals surface area contributed by atoms with E-state index < -0.39 is 17.9 Å².